The number of anilines is 4. The van der Waals surface area contributed by atoms with Gasteiger partial charge in [0.25, 0.3) is 0 Å². The highest BCUT2D eigenvalue weighted by atomic mass is 16.5. The van der Waals surface area contributed by atoms with Gasteiger partial charge in [-0.25, -0.2) is 0 Å². The van der Waals surface area contributed by atoms with Gasteiger partial charge >= 0.3 is 0 Å². The minimum absolute atomic E-state index is 0.0438. The Kier molecular flexibility index (Phi) is 9.80. The van der Waals surface area contributed by atoms with E-state index in [4.69, 9.17) is 4.74 Å². The van der Waals surface area contributed by atoms with Crippen LogP contribution in [0.1, 0.15) is 69.2 Å². The standard InChI is InChI=1S/C48H55N3O/c1-34-20-26-42-40(32-34)47(3,4)44(49(42)7)28-24-36-22-23-37(46(36)51(38-16-11-9-12-17-38)39-18-13-10-14-19-39)25-29-45-48(5,6)41-33-35(2)21-27-43(41)50(45)30-15-31-52-8/h9-14,16-21,24-29,32-33,45H,15,22-23,30-31H2,1-8H3/b29-25+,36-24+,44-28+. The summed E-state index contributed by atoms with van der Waals surface area (Å²) in [5, 5.41) is 0. The number of hydrogen-bond donors (Lipinski definition) is 0. The molecule has 1 atom stereocenters. The van der Waals surface area contributed by atoms with Gasteiger partial charge in [0.05, 0.1) is 11.7 Å². The molecule has 0 fully saturated rings. The Labute approximate surface area is 312 Å². The topological polar surface area (TPSA) is 19.0 Å². The van der Waals surface area contributed by atoms with Gasteiger partial charge in [-0.3, -0.25) is 0 Å². The zero-order valence-electron chi connectivity index (χ0n) is 32.4. The predicted molar refractivity (Wildman–Crippen MR) is 221 cm³/mol. The van der Waals surface area contributed by atoms with Gasteiger partial charge in [-0.05, 0) is 97.9 Å². The molecular weight excluding hydrogens is 635 g/mol. The summed E-state index contributed by atoms with van der Waals surface area (Å²) in [6.07, 6.45) is 12.7. The van der Waals surface area contributed by atoms with Crippen molar-refractivity contribution in [3.63, 3.8) is 0 Å². The number of para-hydroxylation sites is 2. The fourth-order valence-corrected chi connectivity index (χ4v) is 8.82. The predicted octanol–water partition coefficient (Wildman–Crippen LogP) is 11.5. The Morgan fingerprint density at radius 3 is 2.02 bits per heavy atom. The Morgan fingerprint density at radius 2 is 1.38 bits per heavy atom. The van der Waals surface area contributed by atoms with Crippen LogP contribution in [0.3, 0.4) is 0 Å². The van der Waals surface area contributed by atoms with Crippen LogP contribution in [0.25, 0.3) is 0 Å². The molecule has 52 heavy (non-hydrogen) atoms. The molecular formula is C48H55N3O. The minimum atomic E-state index is -0.0926. The summed E-state index contributed by atoms with van der Waals surface area (Å²) >= 11 is 0. The van der Waals surface area contributed by atoms with Crippen LogP contribution in [-0.2, 0) is 15.6 Å². The molecule has 0 saturated heterocycles. The van der Waals surface area contributed by atoms with Crippen LogP contribution in [0.5, 0.6) is 0 Å². The highest BCUT2D eigenvalue weighted by molar-refractivity contribution is 5.75. The molecule has 4 nitrogen and oxygen atoms in total. The van der Waals surface area contributed by atoms with Crippen molar-refractivity contribution in [3.05, 3.63) is 166 Å². The van der Waals surface area contributed by atoms with Crippen LogP contribution in [0, 0.1) is 13.8 Å². The second kappa shape index (κ2) is 14.3. The summed E-state index contributed by atoms with van der Waals surface area (Å²) in [5.41, 5.74) is 15.6. The molecule has 1 aliphatic carbocycles. The quantitative estimate of drug-likeness (QED) is 0.154. The van der Waals surface area contributed by atoms with Gasteiger partial charge in [0.1, 0.15) is 0 Å². The normalized spacial score (nSPS) is 20.4. The molecule has 2 aliphatic heterocycles. The molecule has 7 rings (SSSR count). The summed E-state index contributed by atoms with van der Waals surface area (Å²) in [6, 6.07) is 35.8. The maximum atomic E-state index is 5.50. The van der Waals surface area contributed by atoms with Crippen LogP contribution in [-0.4, -0.2) is 33.4 Å². The number of aryl methyl sites for hydroxylation is 2. The van der Waals surface area contributed by atoms with E-state index in [-0.39, 0.29) is 16.9 Å². The van der Waals surface area contributed by atoms with E-state index >= 15 is 0 Å². The number of methoxy groups -OCH3 is 1. The van der Waals surface area contributed by atoms with Crippen LogP contribution >= 0.6 is 0 Å². The smallest absolute Gasteiger partial charge is 0.0568 e. The SMILES string of the molecule is COCCCN1c2ccc(C)cc2C(C)(C)C1/C=C/C1=C(N(c2ccccc2)c2ccccc2)C(=C/C=C2/N(C)c3ccc(C)cc3C2(C)C)/CC1. The molecule has 0 aromatic heterocycles. The van der Waals surface area contributed by atoms with E-state index in [1.165, 1.54) is 67.5 Å². The van der Waals surface area contributed by atoms with E-state index in [1.54, 1.807) is 7.11 Å². The third-order valence-corrected chi connectivity index (χ3v) is 11.6. The molecule has 268 valence electrons. The molecule has 0 N–H and O–H groups in total. The summed E-state index contributed by atoms with van der Waals surface area (Å²) in [4.78, 5) is 7.48. The summed E-state index contributed by atoms with van der Waals surface area (Å²) in [6.45, 7) is 15.7. The number of benzene rings is 4. The maximum Gasteiger partial charge on any atom is 0.0568 e. The van der Waals surface area contributed by atoms with E-state index in [2.05, 4.69) is 185 Å². The third-order valence-electron chi connectivity index (χ3n) is 11.6. The lowest BCUT2D eigenvalue weighted by Gasteiger charge is -2.33. The average Bonchev–Trinajstić information content (AvgIpc) is 3.68. The molecule has 0 saturated carbocycles. The fourth-order valence-electron chi connectivity index (χ4n) is 8.82. The number of likely N-dealkylation sites (N-methyl/N-ethyl adjacent to an activating group) is 1. The fraction of sp³-hybridized carbons (Fsp3) is 0.333. The minimum Gasteiger partial charge on any atom is -0.385 e. The first-order chi connectivity index (χ1) is 25.0. The molecule has 1 unspecified atom stereocenters. The van der Waals surface area contributed by atoms with Crippen molar-refractivity contribution in [2.45, 2.75) is 77.7 Å². The van der Waals surface area contributed by atoms with Crippen molar-refractivity contribution < 1.29 is 4.74 Å². The number of ether oxygens (including phenoxy) is 1. The first kappa shape index (κ1) is 35.6. The van der Waals surface area contributed by atoms with Gasteiger partial charge in [-0.2, -0.15) is 0 Å². The number of rotatable bonds is 10. The molecule has 0 radical (unpaired) electrons. The zero-order valence-corrected chi connectivity index (χ0v) is 32.4. The second-order valence-electron chi connectivity index (χ2n) is 15.9. The third kappa shape index (κ3) is 6.43. The molecule has 2 heterocycles. The Balaban J connectivity index is 1.36. The van der Waals surface area contributed by atoms with E-state index in [0.29, 0.717) is 0 Å². The van der Waals surface area contributed by atoms with Crippen molar-refractivity contribution >= 4 is 22.7 Å². The van der Waals surface area contributed by atoms with Crippen molar-refractivity contribution in [3.8, 4) is 0 Å². The van der Waals surface area contributed by atoms with Crippen LogP contribution in [0.2, 0.25) is 0 Å². The first-order valence-electron chi connectivity index (χ1n) is 19.0. The number of hydrogen-bond acceptors (Lipinski definition) is 4. The van der Waals surface area contributed by atoms with Crippen LogP contribution in [0.15, 0.2) is 144 Å². The zero-order chi connectivity index (χ0) is 36.6. The highest BCUT2D eigenvalue weighted by Crippen LogP contribution is 2.49. The second-order valence-corrected chi connectivity index (χ2v) is 15.9. The lowest BCUT2D eigenvalue weighted by molar-refractivity contribution is 0.195. The number of nitrogens with zero attached hydrogens (tertiary/aromatic N) is 3. The maximum absolute atomic E-state index is 5.50. The number of allylic oxidation sites excluding steroid dienone is 6. The Morgan fingerprint density at radius 1 is 0.769 bits per heavy atom. The van der Waals surface area contributed by atoms with E-state index in [9.17, 15) is 0 Å². The lowest BCUT2D eigenvalue weighted by atomic mass is 9.79. The van der Waals surface area contributed by atoms with E-state index in [1.807, 2.05) is 0 Å². The van der Waals surface area contributed by atoms with Gasteiger partial charge < -0.3 is 19.4 Å². The van der Waals surface area contributed by atoms with Gasteiger partial charge in [-0.15, -0.1) is 0 Å². The van der Waals surface area contributed by atoms with Crippen LogP contribution in [0.4, 0.5) is 22.7 Å². The number of fused-ring (bicyclic) bond motifs is 2. The molecule has 4 aromatic carbocycles. The summed E-state index contributed by atoms with van der Waals surface area (Å²) in [5.74, 6) is 0. The Hall–Kier alpha value is -4.80. The molecule has 3 aliphatic rings. The van der Waals surface area contributed by atoms with Gasteiger partial charge in [0.2, 0.25) is 0 Å². The van der Waals surface area contributed by atoms with E-state index < -0.39 is 0 Å². The molecule has 0 bridgehead atoms. The van der Waals surface area contributed by atoms with Crippen molar-refractivity contribution in [2.24, 2.45) is 0 Å². The molecule has 0 spiro atoms. The molecule has 4 heteroatoms. The van der Waals surface area contributed by atoms with Crippen LogP contribution < -0.4 is 14.7 Å². The van der Waals surface area contributed by atoms with Crippen molar-refractivity contribution in [2.75, 3.05) is 42.0 Å². The van der Waals surface area contributed by atoms with E-state index in [0.717, 1.165) is 32.4 Å². The van der Waals surface area contributed by atoms with Gasteiger partial charge in [0.15, 0.2) is 0 Å². The highest BCUT2D eigenvalue weighted by Gasteiger charge is 2.43. The van der Waals surface area contributed by atoms with Gasteiger partial charge in [0, 0.05) is 66.6 Å². The molecule has 0 amide bonds. The lowest BCUT2D eigenvalue weighted by Crippen LogP contribution is -2.40. The van der Waals surface area contributed by atoms with Crippen molar-refractivity contribution in [1.82, 2.24) is 0 Å². The average molecular weight is 690 g/mol. The van der Waals surface area contributed by atoms with Crippen molar-refractivity contribution in [1.29, 1.82) is 0 Å². The first-order valence-corrected chi connectivity index (χ1v) is 19.0. The monoisotopic (exact) mass is 689 g/mol. The summed E-state index contributed by atoms with van der Waals surface area (Å²) in [7, 11) is 4.02. The largest absolute Gasteiger partial charge is 0.385 e. The molecule has 4 aromatic rings. The van der Waals surface area contributed by atoms with Gasteiger partial charge in [-0.1, -0.05) is 118 Å². The summed E-state index contributed by atoms with van der Waals surface area (Å²) < 4.78 is 5.50. The Bertz CT molecular complexity index is 2010.